The Labute approximate surface area is 133 Å². The monoisotopic (exact) mass is 298 g/mol. The van der Waals surface area contributed by atoms with Crippen LogP contribution < -0.4 is 0 Å². The molecule has 0 spiro atoms. The van der Waals surface area contributed by atoms with Gasteiger partial charge in [-0.3, -0.25) is 4.79 Å². The Kier molecular flexibility index (Phi) is 3.39. The predicted molar refractivity (Wildman–Crippen MR) is 87.4 cm³/mol. The summed E-state index contributed by atoms with van der Waals surface area (Å²) in [5, 5.41) is 0. The first-order valence-corrected chi connectivity index (χ1v) is 8.78. The molecule has 0 bridgehead atoms. The van der Waals surface area contributed by atoms with Crippen molar-refractivity contribution in [3.63, 3.8) is 0 Å². The van der Waals surface area contributed by atoms with Crippen molar-refractivity contribution in [1.82, 2.24) is 9.47 Å². The van der Waals surface area contributed by atoms with Gasteiger partial charge in [0.25, 0.3) is 0 Å². The third kappa shape index (κ3) is 2.05. The summed E-state index contributed by atoms with van der Waals surface area (Å²) in [6.07, 6.45) is 9.32. The summed E-state index contributed by atoms with van der Waals surface area (Å²) in [6, 6.07) is 4.81. The molecule has 3 heteroatoms. The van der Waals surface area contributed by atoms with Crippen LogP contribution in [0.5, 0.6) is 0 Å². The molecule has 0 radical (unpaired) electrons. The first-order valence-electron chi connectivity index (χ1n) is 8.78. The van der Waals surface area contributed by atoms with E-state index in [0.29, 0.717) is 17.7 Å². The van der Waals surface area contributed by atoms with Crippen LogP contribution in [0.3, 0.4) is 0 Å². The summed E-state index contributed by atoms with van der Waals surface area (Å²) in [5.41, 5.74) is 3.85. The summed E-state index contributed by atoms with van der Waals surface area (Å²) < 4.78 is 2.24. The quantitative estimate of drug-likeness (QED) is 0.834. The van der Waals surface area contributed by atoms with Crippen LogP contribution in [0.2, 0.25) is 0 Å². The molecule has 0 N–H and O–H groups in total. The second-order valence-corrected chi connectivity index (χ2v) is 7.33. The number of hydrogen-bond acceptors (Lipinski definition) is 2. The fourth-order valence-corrected chi connectivity index (χ4v) is 4.93. The van der Waals surface area contributed by atoms with E-state index in [0.717, 1.165) is 19.4 Å². The molecule has 0 aromatic carbocycles. The fourth-order valence-electron chi connectivity index (χ4n) is 4.93. The molecule has 22 heavy (non-hydrogen) atoms. The van der Waals surface area contributed by atoms with Gasteiger partial charge in [0.1, 0.15) is 0 Å². The normalized spacial score (nSPS) is 31.5. The lowest BCUT2D eigenvalue weighted by Crippen LogP contribution is -2.33. The van der Waals surface area contributed by atoms with Crippen LogP contribution in [-0.4, -0.2) is 28.3 Å². The zero-order valence-corrected chi connectivity index (χ0v) is 13.7. The minimum Gasteiger partial charge on any atom is -0.374 e. The number of fused-ring (bicyclic) bond motifs is 2. The molecule has 118 valence electrons. The molecule has 1 aliphatic heterocycles. The Balaban J connectivity index is 1.60. The van der Waals surface area contributed by atoms with Crippen molar-refractivity contribution in [3.05, 3.63) is 35.3 Å². The number of allylic oxidation sites excluding steroid dienone is 1. The van der Waals surface area contributed by atoms with Gasteiger partial charge in [0.2, 0.25) is 0 Å². The minimum absolute atomic E-state index is 0.180. The van der Waals surface area contributed by atoms with Gasteiger partial charge in [-0.15, -0.1) is 0 Å². The molecule has 2 aliphatic carbocycles. The van der Waals surface area contributed by atoms with Crippen LogP contribution in [0.1, 0.15) is 44.2 Å². The highest BCUT2D eigenvalue weighted by molar-refractivity contribution is 5.99. The number of ketones is 1. The van der Waals surface area contributed by atoms with Crippen LogP contribution in [0.15, 0.2) is 29.6 Å². The second kappa shape index (κ2) is 5.29. The first-order chi connectivity index (χ1) is 10.7. The second-order valence-electron chi connectivity index (χ2n) is 7.33. The molecule has 2 heterocycles. The van der Waals surface area contributed by atoms with Crippen molar-refractivity contribution >= 4 is 5.78 Å². The molecule has 3 nitrogen and oxygen atoms in total. The third-order valence-corrected chi connectivity index (χ3v) is 6.17. The van der Waals surface area contributed by atoms with Crippen molar-refractivity contribution in [1.29, 1.82) is 0 Å². The molecular formula is C19H26N2O. The van der Waals surface area contributed by atoms with E-state index in [1.807, 2.05) is 0 Å². The lowest BCUT2D eigenvalue weighted by molar-refractivity contribution is -0.120. The summed E-state index contributed by atoms with van der Waals surface area (Å²) in [7, 11) is 2.22. The summed E-state index contributed by atoms with van der Waals surface area (Å²) in [6.45, 7) is 2.98. The van der Waals surface area contributed by atoms with Gasteiger partial charge in [0, 0.05) is 54.6 Å². The van der Waals surface area contributed by atoms with E-state index in [-0.39, 0.29) is 5.92 Å². The zero-order valence-electron chi connectivity index (χ0n) is 13.7. The van der Waals surface area contributed by atoms with Crippen LogP contribution >= 0.6 is 0 Å². The van der Waals surface area contributed by atoms with Gasteiger partial charge in [-0.05, 0) is 44.7 Å². The first kappa shape index (κ1) is 14.1. The number of rotatable bonds is 2. The smallest absolute Gasteiger partial charge is 0.165 e. The standard InChI is InChI=1S/C19H26N2O/c1-13-6-5-11-21(13)12-14-9-10-17-18(19(14)22)15-7-3-4-8-16(15)20(17)2/h5-6,11,14-16H,3-4,7-10,12H2,1-2H3. The molecular weight excluding hydrogens is 272 g/mol. The number of carbonyl (C=O) groups is 1. The van der Waals surface area contributed by atoms with Gasteiger partial charge >= 0.3 is 0 Å². The highest BCUT2D eigenvalue weighted by atomic mass is 16.1. The van der Waals surface area contributed by atoms with Crippen LogP contribution in [0, 0.1) is 18.8 Å². The average Bonchev–Trinajstić information content (AvgIpc) is 3.05. The largest absolute Gasteiger partial charge is 0.374 e. The van der Waals surface area contributed by atoms with E-state index in [1.54, 1.807) is 0 Å². The SMILES string of the molecule is Cc1cccn1CC1CCC2=C(C1=O)C1CCCCC1N2C. The highest BCUT2D eigenvalue weighted by Gasteiger charge is 2.45. The summed E-state index contributed by atoms with van der Waals surface area (Å²) >= 11 is 0. The maximum Gasteiger partial charge on any atom is 0.165 e. The fraction of sp³-hybridized carbons (Fsp3) is 0.632. The number of hydrogen-bond donors (Lipinski definition) is 0. The Morgan fingerprint density at radius 2 is 2.05 bits per heavy atom. The molecule has 3 atom stereocenters. The number of nitrogens with zero attached hydrogens (tertiary/aromatic N) is 2. The van der Waals surface area contributed by atoms with Crippen LogP contribution in [-0.2, 0) is 11.3 Å². The molecule has 3 aliphatic rings. The van der Waals surface area contributed by atoms with Gasteiger partial charge in [-0.25, -0.2) is 0 Å². The highest BCUT2D eigenvalue weighted by Crippen LogP contribution is 2.47. The van der Waals surface area contributed by atoms with Gasteiger partial charge in [-0.2, -0.15) is 0 Å². The van der Waals surface area contributed by atoms with E-state index in [9.17, 15) is 4.79 Å². The summed E-state index contributed by atoms with van der Waals surface area (Å²) in [4.78, 5) is 15.6. The van der Waals surface area contributed by atoms with Crippen LogP contribution in [0.4, 0.5) is 0 Å². The zero-order chi connectivity index (χ0) is 15.3. The Morgan fingerprint density at radius 3 is 2.82 bits per heavy atom. The Bertz CT molecular complexity index is 627. The maximum atomic E-state index is 13.1. The molecule has 1 fully saturated rings. The van der Waals surface area contributed by atoms with E-state index in [2.05, 4.69) is 41.8 Å². The van der Waals surface area contributed by atoms with Crippen molar-refractivity contribution in [3.8, 4) is 0 Å². The molecule has 1 aromatic rings. The van der Waals surface area contributed by atoms with E-state index < -0.39 is 0 Å². The molecule has 3 unspecified atom stereocenters. The number of Topliss-reactive ketones (excluding diaryl/α,β-unsaturated/α-hetero) is 1. The molecule has 0 amide bonds. The van der Waals surface area contributed by atoms with Crippen molar-refractivity contribution in [2.75, 3.05) is 7.05 Å². The average molecular weight is 298 g/mol. The number of aromatic nitrogens is 1. The van der Waals surface area contributed by atoms with E-state index in [4.69, 9.17) is 0 Å². The van der Waals surface area contributed by atoms with Crippen molar-refractivity contribution in [2.24, 2.45) is 11.8 Å². The Morgan fingerprint density at radius 1 is 1.23 bits per heavy atom. The number of carbonyl (C=O) groups excluding carboxylic acids is 1. The van der Waals surface area contributed by atoms with Crippen LogP contribution in [0.25, 0.3) is 0 Å². The van der Waals surface area contributed by atoms with E-state index >= 15 is 0 Å². The van der Waals surface area contributed by atoms with Gasteiger partial charge in [0.05, 0.1) is 0 Å². The van der Waals surface area contributed by atoms with Gasteiger partial charge < -0.3 is 9.47 Å². The minimum atomic E-state index is 0.180. The maximum absolute atomic E-state index is 13.1. The summed E-state index contributed by atoms with van der Waals surface area (Å²) in [5.74, 6) is 1.16. The number of aryl methyl sites for hydroxylation is 1. The predicted octanol–water partition coefficient (Wildman–Crippen LogP) is 3.53. The lowest BCUT2D eigenvalue weighted by atomic mass is 9.75. The lowest BCUT2D eigenvalue weighted by Gasteiger charge is -2.32. The molecule has 1 aromatic heterocycles. The van der Waals surface area contributed by atoms with Crippen molar-refractivity contribution in [2.45, 2.75) is 58.0 Å². The van der Waals surface area contributed by atoms with Gasteiger partial charge in [-0.1, -0.05) is 12.8 Å². The van der Waals surface area contributed by atoms with Crippen molar-refractivity contribution < 1.29 is 4.79 Å². The topological polar surface area (TPSA) is 25.2 Å². The molecule has 4 rings (SSSR count). The third-order valence-electron chi connectivity index (χ3n) is 6.17. The molecule has 1 saturated carbocycles. The molecule has 0 saturated heterocycles. The van der Waals surface area contributed by atoms with Gasteiger partial charge in [0.15, 0.2) is 5.78 Å². The Hall–Kier alpha value is -1.51. The van der Waals surface area contributed by atoms with E-state index in [1.165, 1.54) is 42.6 Å².